The smallest absolute Gasteiger partial charge is 0.137 e. The Morgan fingerprint density at radius 2 is 1.90 bits per heavy atom. The second kappa shape index (κ2) is 5.95. The zero-order chi connectivity index (χ0) is 13.9. The molecule has 1 N–H and O–H groups in total. The highest BCUT2D eigenvalue weighted by molar-refractivity contribution is 5.59. The molecule has 3 rings (SSSR count). The van der Waals surface area contributed by atoms with Crippen LogP contribution in [0.2, 0.25) is 0 Å². The third kappa shape index (κ3) is 2.73. The molecule has 20 heavy (non-hydrogen) atoms. The van der Waals surface area contributed by atoms with Gasteiger partial charge in [0.2, 0.25) is 0 Å². The Bertz CT molecular complexity index is 450. The maximum atomic E-state index is 4.56. The van der Waals surface area contributed by atoms with Crippen LogP contribution in [0.3, 0.4) is 0 Å². The molecule has 0 spiro atoms. The second-order valence-corrected chi connectivity index (χ2v) is 5.66. The first kappa shape index (κ1) is 13.6. The monoisotopic (exact) mass is 275 g/mol. The van der Waals surface area contributed by atoms with Crippen LogP contribution in [-0.4, -0.2) is 53.6 Å². The van der Waals surface area contributed by atoms with Crippen LogP contribution in [0.5, 0.6) is 0 Å². The molecule has 1 aliphatic heterocycles. The molecule has 0 amide bonds. The van der Waals surface area contributed by atoms with Crippen molar-refractivity contribution >= 4 is 11.6 Å². The molecular formula is C15H25N5. The van der Waals surface area contributed by atoms with E-state index in [1.54, 1.807) is 6.33 Å². The van der Waals surface area contributed by atoms with E-state index in [1.165, 1.54) is 31.5 Å². The number of piperazine rings is 1. The largest absolute Gasteiger partial charge is 0.370 e. The molecule has 5 nitrogen and oxygen atoms in total. The van der Waals surface area contributed by atoms with Crippen LogP contribution in [0, 0.1) is 0 Å². The van der Waals surface area contributed by atoms with E-state index >= 15 is 0 Å². The highest BCUT2D eigenvalue weighted by Gasteiger charge is 2.31. The lowest BCUT2D eigenvalue weighted by Crippen LogP contribution is -2.47. The molecule has 0 unspecified atom stereocenters. The van der Waals surface area contributed by atoms with E-state index in [-0.39, 0.29) is 0 Å². The number of hydrogen-bond acceptors (Lipinski definition) is 5. The molecule has 1 aromatic rings. The molecule has 5 heteroatoms. The van der Waals surface area contributed by atoms with E-state index in [0.717, 1.165) is 43.7 Å². The summed E-state index contributed by atoms with van der Waals surface area (Å²) in [6.45, 7) is 9.72. The van der Waals surface area contributed by atoms with Crippen molar-refractivity contribution in [3.63, 3.8) is 0 Å². The van der Waals surface area contributed by atoms with E-state index in [2.05, 4.69) is 38.9 Å². The summed E-state index contributed by atoms with van der Waals surface area (Å²) in [7, 11) is 0. The minimum atomic E-state index is 0.880. The van der Waals surface area contributed by atoms with Crippen molar-refractivity contribution < 1.29 is 0 Å². The van der Waals surface area contributed by atoms with E-state index in [0.29, 0.717) is 0 Å². The van der Waals surface area contributed by atoms with Crippen LogP contribution in [0.4, 0.5) is 11.6 Å². The highest BCUT2D eigenvalue weighted by Crippen LogP contribution is 2.29. The van der Waals surface area contributed by atoms with Crippen molar-refractivity contribution in [3.8, 4) is 0 Å². The van der Waals surface area contributed by atoms with Gasteiger partial charge in [-0.2, -0.15) is 0 Å². The Kier molecular flexibility index (Phi) is 4.05. The molecule has 2 fully saturated rings. The molecule has 2 heterocycles. The van der Waals surface area contributed by atoms with Gasteiger partial charge < -0.3 is 10.2 Å². The van der Waals surface area contributed by atoms with E-state index in [1.807, 2.05) is 0 Å². The van der Waals surface area contributed by atoms with Crippen molar-refractivity contribution in [3.05, 3.63) is 11.9 Å². The predicted molar refractivity (Wildman–Crippen MR) is 82.4 cm³/mol. The second-order valence-electron chi connectivity index (χ2n) is 5.66. The summed E-state index contributed by atoms with van der Waals surface area (Å²) in [5.74, 6) is 2.14. The molecular weight excluding hydrogens is 250 g/mol. The number of aromatic nitrogens is 2. The lowest BCUT2D eigenvalue weighted by atomic mass is 10.2. The summed E-state index contributed by atoms with van der Waals surface area (Å²) in [6.07, 6.45) is 5.47. The van der Waals surface area contributed by atoms with Crippen LogP contribution >= 0.6 is 0 Å². The number of nitrogens with one attached hydrogen (secondary N) is 1. The molecule has 0 bridgehead atoms. The fourth-order valence-corrected chi connectivity index (χ4v) is 3.06. The van der Waals surface area contributed by atoms with Gasteiger partial charge in [-0.15, -0.1) is 0 Å². The quantitative estimate of drug-likeness (QED) is 0.887. The zero-order valence-corrected chi connectivity index (χ0v) is 12.6. The predicted octanol–water partition coefficient (Wildman–Crippen LogP) is 1.76. The summed E-state index contributed by atoms with van der Waals surface area (Å²) in [4.78, 5) is 14.0. The van der Waals surface area contributed by atoms with Gasteiger partial charge in [0.05, 0.1) is 0 Å². The summed E-state index contributed by atoms with van der Waals surface area (Å²) >= 11 is 0. The van der Waals surface area contributed by atoms with Crippen LogP contribution in [0.1, 0.15) is 32.3 Å². The third-order valence-corrected chi connectivity index (χ3v) is 4.30. The van der Waals surface area contributed by atoms with Gasteiger partial charge in [0.1, 0.15) is 18.0 Å². The molecule has 1 saturated carbocycles. The fourth-order valence-electron chi connectivity index (χ4n) is 3.06. The summed E-state index contributed by atoms with van der Waals surface area (Å²) in [6, 6.07) is 0.880. The Morgan fingerprint density at radius 3 is 2.50 bits per heavy atom. The van der Waals surface area contributed by atoms with Gasteiger partial charge in [0.15, 0.2) is 0 Å². The number of nitrogens with zero attached hydrogens (tertiary/aromatic N) is 4. The Hall–Kier alpha value is -1.36. The van der Waals surface area contributed by atoms with Crippen molar-refractivity contribution in [2.45, 2.75) is 39.2 Å². The number of rotatable bonds is 5. The molecule has 0 radical (unpaired) electrons. The van der Waals surface area contributed by atoms with Gasteiger partial charge >= 0.3 is 0 Å². The van der Waals surface area contributed by atoms with Crippen LogP contribution in [-0.2, 0) is 6.42 Å². The molecule has 1 aromatic heterocycles. The first-order valence-electron chi connectivity index (χ1n) is 7.90. The average molecular weight is 275 g/mol. The zero-order valence-electron chi connectivity index (χ0n) is 12.6. The maximum Gasteiger partial charge on any atom is 0.137 e. The molecule has 0 aromatic carbocycles. The Morgan fingerprint density at radius 1 is 1.15 bits per heavy atom. The van der Waals surface area contributed by atoms with Crippen molar-refractivity contribution in [2.24, 2.45) is 0 Å². The van der Waals surface area contributed by atoms with Gasteiger partial charge in [-0.3, -0.25) is 4.90 Å². The average Bonchev–Trinajstić information content (AvgIpc) is 3.32. The SMILES string of the molecule is CCNc1ncnc(N2CCN(C3CC3)CC2)c1CC. The van der Waals surface area contributed by atoms with Crippen molar-refractivity contribution in [2.75, 3.05) is 42.9 Å². The summed E-state index contributed by atoms with van der Waals surface area (Å²) in [5, 5.41) is 3.36. The standard InChI is InChI=1S/C15H25N5/c1-3-13-14(16-4-2)17-11-18-15(13)20-9-7-19(8-10-20)12-5-6-12/h11-12H,3-10H2,1-2H3,(H,16,17,18). The lowest BCUT2D eigenvalue weighted by molar-refractivity contribution is 0.247. The molecule has 0 atom stereocenters. The van der Waals surface area contributed by atoms with Gasteiger partial charge in [-0.25, -0.2) is 9.97 Å². The van der Waals surface area contributed by atoms with Gasteiger partial charge in [0, 0.05) is 44.3 Å². The Labute approximate surface area is 121 Å². The third-order valence-electron chi connectivity index (χ3n) is 4.30. The highest BCUT2D eigenvalue weighted by atomic mass is 15.3. The topological polar surface area (TPSA) is 44.3 Å². The first-order chi connectivity index (χ1) is 9.83. The summed E-state index contributed by atoms with van der Waals surface area (Å²) in [5.41, 5.74) is 1.26. The molecule has 1 aliphatic carbocycles. The number of anilines is 2. The van der Waals surface area contributed by atoms with Gasteiger partial charge in [-0.05, 0) is 26.2 Å². The van der Waals surface area contributed by atoms with Crippen LogP contribution in [0.25, 0.3) is 0 Å². The summed E-state index contributed by atoms with van der Waals surface area (Å²) < 4.78 is 0. The van der Waals surface area contributed by atoms with Crippen molar-refractivity contribution in [1.29, 1.82) is 0 Å². The Balaban J connectivity index is 1.74. The minimum Gasteiger partial charge on any atom is -0.370 e. The first-order valence-corrected chi connectivity index (χ1v) is 7.90. The molecule has 110 valence electrons. The van der Waals surface area contributed by atoms with Gasteiger partial charge in [-0.1, -0.05) is 6.92 Å². The lowest BCUT2D eigenvalue weighted by Gasteiger charge is -2.36. The van der Waals surface area contributed by atoms with E-state index in [9.17, 15) is 0 Å². The molecule has 2 aliphatic rings. The normalized spacial score (nSPS) is 20.2. The van der Waals surface area contributed by atoms with Crippen molar-refractivity contribution in [1.82, 2.24) is 14.9 Å². The van der Waals surface area contributed by atoms with E-state index < -0.39 is 0 Å². The van der Waals surface area contributed by atoms with Gasteiger partial charge in [0.25, 0.3) is 0 Å². The number of hydrogen-bond donors (Lipinski definition) is 1. The van der Waals surface area contributed by atoms with Crippen LogP contribution in [0.15, 0.2) is 6.33 Å². The minimum absolute atomic E-state index is 0.880. The molecule has 1 saturated heterocycles. The maximum absolute atomic E-state index is 4.56. The van der Waals surface area contributed by atoms with E-state index in [4.69, 9.17) is 0 Å². The van der Waals surface area contributed by atoms with Crippen LogP contribution < -0.4 is 10.2 Å². The fraction of sp³-hybridized carbons (Fsp3) is 0.733.